The number of nitrogens with one attached hydrogen (secondary N) is 1. The number of ether oxygens (including phenoxy) is 1. The molecule has 0 aromatic heterocycles. The molecule has 0 rings (SSSR count). The Kier molecular flexibility index (Phi) is 4.33. The van der Waals surface area contributed by atoms with Crippen LogP contribution in [0.3, 0.4) is 0 Å². The first-order chi connectivity index (χ1) is 4.57. The van der Waals surface area contributed by atoms with Crippen LogP contribution in [0.15, 0.2) is 0 Å². The lowest BCUT2D eigenvalue weighted by Crippen LogP contribution is -2.35. The minimum Gasteiger partial charge on any atom is -0.453 e. The summed E-state index contributed by atoms with van der Waals surface area (Å²) in [6.45, 7) is 1.59. The number of hydrogen-bond acceptors (Lipinski definition) is 3. The van der Waals surface area contributed by atoms with Gasteiger partial charge in [-0.25, -0.2) is 4.79 Å². The number of hydrogen-bond donors (Lipinski definition) is 1. The van der Waals surface area contributed by atoms with Crippen LogP contribution >= 0.6 is 22.6 Å². The molecule has 58 valence electrons. The molecule has 1 amide bonds. The number of carbonyl (C=O) groups excluding carboxylic acids is 2. The Morgan fingerprint density at radius 2 is 2.10 bits per heavy atom. The molecule has 5 heteroatoms. The third kappa shape index (κ3) is 3.65. The smallest absolute Gasteiger partial charge is 0.407 e. The molecule has 0 fully saturated rings. The van der Waals surface area contributed by atoms with E-state index in [9.17, 15) is 9.59 Å². The van der Waals surface area contributed by atoms with Crippen molar-refractivity contribution in [3.63, 3.8) is 0 Å². The van der Waals surface area contributed by atoms with Gasteiger partial charge in [0.05, 0.1) is 13.2 Å². The van der Waals surface area contributed by atoms with E-state index in [-0.39, 0.29) is 3.79 Å². The fourth-order valence-corrected chi connectivity index (χ4v) is 0.448. The second kappa shape index (κ2) is 4.48. The number of alkyl carbamates (subject to hydrolysis) is 1. The van der Waals surface area contributed by atoms with Gasteiger partial charge < -0.3 is 10.1 Å². The van der Waals surface area contributed by atoms with Gasteiger partial charge in [-0.1, -0.05) is 0 Å². The lowest BCUT2D eigenvalue weighted by Gasteiger charge is -2.06. The van der Waals surface area contributed by atoms with E-state index in [0.717, 1.165) is 0 Å². The van der Waals surface area contributed by atoms with E-state index >= 15 is 0 Å². The predicted molar refractivity (Wildman–Crippen MR) is 44.0 cm³/mol. The van der Waals surface area contributed by atoms with E-state index in [1.165, 1.54) is 7.11 Å². The Morgan fingerprint density at radius 3 is 2.40 bits per heavy atom. The van der Waals surface area contributed by atoms with Crippen LogP contribution in [0.4, 0.5) is 4.79 Å². The number of halogens is 1. The van der Waals surface area contributed by atoms with Crippen LogP contribution in [0, 0.1) is 0 Å². The predicted octanol–water partition coefficient (Wildman–Crippen LogP) is 0.692. The van der Waals surface area contributed by atoms with Crippen molar-refractivity contribution >= 4 is 32.5 Å². The first-order valence-corrected chi connectivity index (χ1v) is 3.69. The van der Waals surface area contributed by atoms with Crippen molar-refractivity contribution in [1.82, 2.24) is 5.32 Å². The molecule has 0 aromatic carbocycles. The van der Waals surface area contributed by atoms with Crippen molar-refractivity contribution < 1.29 is 14.3 Å². The summed E-state index contributed by atoms with van der Waals surface area (Å²) in [5.74, 6) is 0. The van der Waals surface area contributed by atoms with Gasteiger partial charge in [0.25, 0.3) is 0 Å². The molecule has 0 heterocycles. The van der Waals surface area contributed by atoms with E-state index in [2.05, 4.69) is 10.1 Å². The molecule has 0 aliphatic rings. The standard InChI is InChI=1S/C5H8INO3/c1-3(4(6)8)7-5(9)10-2/h3H,1-2H3,(H,7,9)/t3-/m0/s1. The summed E-state index contributed by atoms with van der Waals surface area (Å²) in [6, 6.07) is -0.479. The Balaban J connectivity index is 3.68. The molecular formula is C5H8INO3. The van der Waals surface area contributed by atoms with Gasteiger partial charge in [0.2, 0.25) is 3.79 Å². The van der Waals surface area contributed by atoms with E-state index in [1.54, 1.807) is 29.5 Å². The van der Waals surface area contributed by atoms with Gasteiger partial charge in [-0.15, -0.1) is 0 Å². The molecule has 1 N–H and O–H groups in total. The molecule has 0 aliphatic heterocycles. The SMILES string of the molecule is COC(=O)N[C@@H](C)C(=O)I. The minimum atomic E-state index is -0.586. The first-order valence-electron chi connectivity index (χ1n) is 2.61. The summed E-state index contributed by atoms with van der Waals surface area (Å²) < 4.78 is 4.14. The van der Waals surface area contributed by atoms with Gasteiger partial charge in [0.15, 0.2) is 0 Å². The zero-order chi connectivity index (χ0) is 8.15. The van der Waals surface area contributed by atoms with E-state index < -0.39 is 12.1 Å². The summed E-state index contributed by atoms with van der Waals surface area (Å²) in [7, 11) is 1.25. The third-order valence-corrected chi connectivity index (χ3v) is 1.79. The molecule has 0 bridgehead atoms. The van der Waals surface area contributed by atoms with Crippen LogP contribution in [-0.2, 0) is 9.53 Å². The maximum atomic E-state index is 10.5. The average Bonchev–Trinajstić information content (AvgIpc) is 1.87. The number of amides is 1. The highest BCUT2D eigenvalue weighted by Crippen LogP contribution is 1.93. The van der Waals surface area contributed by atoms with Gasteiger partial charge in [-0.2, -0.15) is 0 Å². The molecule has 0 unspecified atom stereocenters. The molecule has 0 saturated heterocycles. The molecule has 0 radical (unpaired) electrons. The second-order valence-corrected chi connectivity index (χ2v) is 2.72. The summed E-state index contributed by atoms with van der Waals surface area (Å²) in [5, 5.41) is 2.31. The Morgan fingerprint density at radius 1 is 1.60 bits per heavy atom. The fourth-order valence-electron chi connectivity index (χ4n) is 0.292. The van der Waals surface area contributed by atoms with Crippen molar-refractivity contribution in [3.05, 3.63) is 0 Å². The van der Waals surface area contributed by atoms with E-state index in [4.69, 9.17) is 0 Å². The van der Waals surface area contributed by atoms with Gasteiger partial charge in [-0.3, -0.25) is 4.79 Å². The van der Waals surface area contributed by atoms with Crippen LogP contribution in [-0.4, -0.2) is 23.0 Å². The molecular weight excluding hydrogens is 249 g/mol. The largest absolute Gasteiger partial charge is 0.453 e. The third-order valence-electron chi connectivity index (χ3n) is 0.860. The Hall–Kier alpha value is -0.330. The molecule has 0 aromatic rings. The first kappa shape index (κ1) is 9.67. The van der Waals surface area contributed by atoms with Crippen LogP contribution < -0.4 is 5.32 Å². The van der Waals surface area contributed by atoms with Crippen molar-refractivity contribution in [2.45, 2.75) is 13.0 Å². The normalized spacial score (nSPS) is 11.9. The number of rotatable bonds is 2. The van der Waals surface area contributed by atoms with E-state index in [0.29, 0.717) is 0 Å². The van der Waals surface area contributed by atoms with Crippen LogP contribution in [0.1, 0.15) is 6.92 Å². The summed E-state index contributed by atoms with van der Waals surface area (Å²) in [4.78, 5) is 20.9. The number of methoxy groups -OCH3 is 1. The van der Waals surface area contributed by atoms with Crippen LogP contribution in [0.2, 0.25) is 0 Å². The maximum Gasteiger partial charge on any atom is 0.407 e. The van der Waals surface area contributed by atoms with Gasteiger partial charge >= 0.3 is 6.09 Å². The zero-order valence-corrected chi connectivity index (χ0v) is 7.84. The maximum absolute atomic E-state index is 10.5. The van der Waals surface area contributed by atoms with Gasteiger partial charge in [0.1, 0.15) is 0 Å². The Bertz CT molecular complexity index is 148. The second-order valence-electron chi connectivity index (χ2n) is 1.66. The average molecular weight is 257 g/mol. The Labute approximate surface area is 72.4 Å². The molecule has 0 saturated carbocycles. The lowest BCUT2D eigenvalue weighted by atomic mass is 10.4. The highest BCUT2D eigenvalue weighted by Gasteiger charge is 2.11. The highest BCUT2D eigenvalue weighted by atomic mass is 127. The van der Waals surface area contributed by atoms with Crippen LogP contribution in [0.25, 0.3) is 0 Å². The molecule has 10 heavy (non-hydrogen) atoms. The molecule has 4 nitrogen and oxygen atoms in total. The molecule has 0 aliphatic carbocycles. The highest BCUT2D eigenvalue weighted by molar-refractivity contribution is 14.1. The van der Waals surface area contributed by atoms with Crippen molar-refractivity contribution in [3.8, 4) is 0 Å². The topological polar surface area (TPSA) is 55.4 Å². The minimum absolute atomic E-state index is 0.122. The van der Waals surface area contributed by atoms with Crippen LogP contribution in [0.5, 0.6) is 0 Å². The van der Waals surface area contributed by atoms with Gasteiger partial charge in [-0.05, 0) is 6.92 Å². The lowest BCUT2D eigenvalue weighted by molar-refractivity contribution is -0.110. The molecule has 0 spiro atoms. The summed E-state index contributed by atoms with van der Waals surface area (Å²) >= 11 is 1.61. The zero-order valence-electron chi connectivity index (χ0n) is 5.68. The monoisotopic (exact) mass is 257 g/mol. The molecule has 1 atom stereocenters. The van der Waals surface area contributed by atoms with Crippen molar-refractivity contribution in [1.29, 1.82) is 0 Å². The number of carbonyl (C=O) groups is 2. The summed E-state index contributed by atoms with van der Waals surface area (Å²) in [6.07, 6.45) is -0.586. The fraction of sp³-hybridized carbons (Fsp3) is 0.600. The summed E-state index contributed by atoms with van der Waals surface area (Å²) in [5.41, 5.74) is 0. The van der Waals surface area contributed by atoms with Gasteiger partial charge in [0, 0.05) is 22.6 Å². The van der Waals surface area contributed by atoms with Crippen molar-refractivity contribution in [2.24, 2.45) is 0 Å². The quantitative estimate of drug-likeness (QED) is 0.585. The van der Waals surface area contributed by atoms with Crippen molar-refractivity contribution in [2.75, 3.05) is 7.11 Å². The van der Waals surface area contributed by atoms with E-state index in [1.807, 2.05) is 0 Å².